The Morgan fingerprint density at radius 1 is 1.14 bits per heavy atom. The first-order valence-electron chi connectivity index (χ1n) is 6.99. The summed E-state index contributed by atoms with van der Waals surface area (Å²) in [6.07, 6.45) is 1.07. The van der Waals surface area contributed by atoms with E-state index in [0.29, 0.717) is 12.8 Å². The highest BCUT2D eigenvalue weighted by molar-refractivity contribution is 5.77. The molecule has 21 heavy (non-hydrogen) atoms. The van der Waals surface area contributed by atoms with Gasteiger partial charge in [-0.25, -0.2) is 0 Å². The Hall–Kier alpha value is -2.60. The van der Waals surface area contributed by atoms with Crippen LogP contribution >= 0.6 is 0 Å². The van der Waals surface area contributed by atoms with Gasteiger partial charge in [0, 0.05) is 6.42 Å². The maximum atomic E-state index is 12.0. The number of nitriles is 1. The van der Waals surface area contributed by atoms with Crippen molar-refractivity contribution in [2.24, 2.45) is 0 Å². The van der Waals surface area contributed by atoms with Gasteiger partial charge >= 0.3 is 0 Å². The highest BCUT2D eigenvalue weighted by Gasteiger charge is 2.13. The van der Waals surface area contributed by atoms with Crippen LogP contribution in [-0.4, -0.2) is 5.91 Å². The third kappa shape index (κ3) is 4.19. The molecule has 0 aromatic heterocycles. The quantitative estimate of drug-likeness (QED) is 0.912. The van der Waals surface area contributed by atoms with E-state index in [4.69, 9.17) is 0 Å². The first kappa shape index (κ1) is 14.8. The van der Waals surface area contributed by atoms with E-state index in [1.54, 1.807) is 0 Å². The van der Waals surface area contributed by atoms with Gasteiger partial charge in [-0.05, 0) is 30.0 Å². The van der Waals surface area contributed by atoms with Gasteiger partial charge in [0.2, 0.25) is 5.91 Å². The molecule has 0 spiro atoms. The summed E-state index contributed by atoms with van der Waals surface area (Å²) < 4.78 is 0. The van der Waals surface area contributed by atoms with E-state index in [9.17, 15) is 10.1 Å². The molecule has 0 aliphatic rings. The molecular formula is C18H18N2O. The lowest BCUT2D eigenvalue weighted by molar-refractivity contribution is -0.121. The molecule has 3 nitrogen and oxygen atoms in total. The first-order chi connectivity index (χ1) is 10.2. The zero-order valence-electron chi connectivity index (χ0n) is 12.0. The molecule has 1 amide bonds. The summed E-state index contributed by atoms with van der Waals surface area (Å²) in [6, 6.07) is 18.9. The van der Waals surface area contributed by atoms with Crippen LogP contribution in [0.25, 0.3) is 0 Å². The molecule has 0 aliphatic carbocycles. The fourth-order valence-electron chi connectivity index (χ4n) is 2.21. The van der Waals surface area contributed by atoms with E-state index < -0.39 is 6.04 Å². The predicted molar refractivity (Wildman–Crippen MR) is 82.4 cm³/mol. The van der Waals surface area contributed by atoms with Crippen LogP contribution in [0.15, 0.2) is 54.6 Å². The number of rotatable bonds is 5. The third-order valence-corrected chi connectivity index (χ3v) is 3.45. The van der Waals surface area contributed by atoms with E-state index >= 15 is 0 Å². The van der Waals surface area contributed by atoms with E-state index in [2.05, 4.69) is 11.4 Å². The topological polar surface area (TPSA) is 52.9 Å². The van der Waals surface area contributed by atoms with Gasteiger partial charge in [0.15, 0.2) is 0 Å². The van der Waals surface area contributed by atoms with Crippen LogP contribution in [0.4, 0.5) is 0 Å². The number of benzene rings is 2. The largest absolute Gasteiger partial charge is 0.337 e. The molecule has 0 bridgehead atoms. The molecule has 0 aliphatic heterocycles. The number of nitrogens with one attached hydrogen (secondary N) is 1. The second-order valence-electron chi connectivity index (χ2n) is 4.97. The van der Waals surface area contributed by atoms with Crippen molar-refractivity contribution >= 4 is 5.91 Å². The highest BCUT2D eigenvalue weighted by atomic mass is 16.1. The van der Waals surface area contributed by atoms with Crippen molar-refractivity contribution < 1.29 is 4.79 Å². The molecule has 0 heterocycles. The summed E-state index contributed by atoms with van der Waals surface area (Å²) in [4.78, 5) is 12.0. The van der Waals surface area contributed by atoms with E-state index in [1.807, 2.05) is 61.5 Å². The molecule has 1 atom stereocenters. The molecule has 1 unspecified atom stereocenters. The van der Waals surface area contributed by atoms with Crippen molar-refractivity contribution in [1.29, 1.82) is 5.26 Å². The zero-order valence-corrected chi connectivity index (χ0v) is 12.0. The Morgan fingerprint density at radius 2 is 1.81 bits per heavy atom. The van der Waals surface area contributed by atoms with Gasteiger partial charge in [-0.1, -0.05) is 54.6 Å². The van der Waals surface area contributed by atoms with Crippen molar-refractivity contribution in [1.82, 2.24) is 5.32 Å². The summed E-state index contributed by atoms with van der Waals surface area (Å²) in [5.74, 6) is -0.103. The van der Waals surface area contributed by atoms with Crippen LogP contribution in [0.3, 0.4) is 0 Å². The van der Waals surface area contributed by atoms with E-state index in [1.165, 1.54) is 11.1 Å². The minimum Gasteiger partial charge on any atom is -0.337 e. The number of nitrogens with zero attached hydrogens (tertiary/aromatic N) is 1. The van der Waals surface area contributed by atoms with Crippen molar-refractivity contribution in [2.45, 2.75) is 25.8 Å². The summed E-state index contributed by atoms with van der Waals surface area (Å²) in [5.41, 5.74) is 3.16. The monoisotopic (exact) mass is 278 g/mol. The Bertz CT molecular complexity index is 644. The van der Waals surface area contributed by atoms with Gasteiger partial charge in [0.1, 0.15) is 6.04 Å². The van der Waals surface area contributed by atoms with Crippen LogP contribution in [0.5, 0.6) is 0 Å². The van der Waals surface area contributed by atoms with Crippen molar-refractivity contribution in [3.63, 3.8) is 0 Å². The average Bonchev–Trinajstić information content (AvgIpc) is 2.52. The normalized spacial score (nSPS) is 11.4. The van der Waals surface area contributed by atoms with Gasteiger partial charge in [0.25, 0.3) is 0 Å². The molecule has 0 saturated carbocycles. The molecule has 0 radical (unpaired) electrons. The summed E-state index contributed by atoms with van der Waals surface area (Å²) in [6.45, 7) is 2.04. The smallest absolute Gasteiger partial charge is 0.221 e. The molecule has 0 fully saturated rings. The minimum absolute atomic E-state index is 0.103. The SMILES string of the molecule is Cc1ccccc1CCC(=O)NC(C#N)c1ccccc1. The lowest BCUT2D eigenvalue weighted by Gasteiger charge is -2.12. The molecule has 2 rings (SSSR count). The van der Waals surface area contributed by atoms with Crippen molar-refractivity contribution in [3.05, 3.63) is 71.3 Å². The minimum atomic E-state index is -0.587. The van der Waals surface area contributed by atoms with Gasteiger partial charge in [-0.15, -0.1) is 0 Å². The fourth-order valence-corrected chi connectivity index (χ4v) is 2.21. The first-order valence-corrected chi connectivity index (χ1v) is 6.99. The van der Waals surface area contributed by atoms with Gasteiger partial charge in [0.05, 0.1) is 6.07 Å². The number of amides is 1. The Kier molecular flexibility index (Phi) is 5.11. The maximum absolute atomic E-state index is 12.0. The van der Waals surface area contributed by atoms with Crippen LogP contribution in [-0.2, 0) is 11.2 Å². The maximum Gasteiger partial charge on any atom is 0.221 e. The Morgan fingerprint density at radius 3 is 2.48 bits per heavy atom. The van der Waals surface area contributed by atoms with Gasteiger partial charge < -0.3 is 5.32 Å². The van der Waals surface area contributed by atoms with Gasteiger partial charge in [-0.2, -0.15) is 5.26 Å². The number of hydrogen-bond acceptors (Lipinski definition) is 2. The van der Waals surface area contributed by atoms with Crippen LogP contribution in [0.2, 0.25) is 0 Å². The lowest BCUT2D eigenvalue weighted by atomic mass is 10.0. The number of aryl methyl sites for hydroxylation is 2. The second-order valence-corrected chi connectivity index (χ2v) is 4.97. The Labute approximate surface area is 125 Å². The summed E-state index contributed by atoms with van der Waals surface area (Å²) in [5, 5.41) is 12.0. The molecule has 2 aromatic carbocycles. The molecular weight excluding hydrogens is 260 g/mol. The van der Waals surface area contributed by atoms with Crippen LogP contribution in [0.1, 0.15) is 29.2 Å². The van der Waals surface area contributed by atoms with Crippen LogP contribution in [0, 0.1) is 18.3 Å². The summed E-state index contributed by atoms with van der Waals surface area (Å²) >= 11 is 0. The molecule has 106 valence electrons. The lowest BCUT2D eigenvalue weighted by Crippen LogP contribution is -2.27. The molecule has 2 aromatic rings. The molecule has 1 N–H and O–H groups in total. The van der Waals surface area contributed by atoms with Gasteiger partial charge in [-0.3, -0.25) is 4.79 Å². The predicted octanol–water partition coefficient (Wildman–Crippen LogP) is 3.31. The molecule has 3 heteroatoms. The van der Waals surface area contributed by atoms with E-state index in [-0.39, 0.29) is 5.91 Å². The van der Waals surface area contributed by atoms with E-state index in [0.717, 1.165) is 5.56 Å². The zero-order chi connectivity index (χ0) is 15.1. The fraction of sp³-hybridized carbons (Fsp3) is 0.222. The van der Waals surface area contributed by atoms with Crippen LogP contribution < -0.4 is 5.32 Å². The van der Waals surface area contributed by atoms with Crippen molar-refractivity contribution in [3.8, 4) is 6.07 Å². The number of carbonyl (C=O) groups is 1. The number of hydrogen-bond donors (Lipinski definition) is 1. The standard InChI is InChI=1S/C18H18N2O/c1-14-7-5-6-8-15(14)11-12-18(21)20-17(13-19)16-9-3-2-4-10-16/h2-10,17H,11-12H2,1H3,(H,20,21). The third-order valence-electron chi connectivity index (χ3n) is 3.45. The Balaban J connectivity index is 1.92. The number of carbonyl (C=O) groups excluding carboxylic acids is 1. The second kappa shape index (κ2) is 7.25. The van der Waals surface area contributed by atoms with Crippen molar-refractivity contribution in [2.75, 3.05) is 0 Å². The average molecular weight is 278 g/mol. The highest BCUT2D eigenvalue weighted by Crippen LogP contribution is 2.13. The summed E-state index contributed by atoms with van der Waals surface area (Å²) in [7, 11) is 0. The molecule has 0 saturated heterocycles.